The molecule has 0 spiro atoms. The first-order chi connectivity index (χ1) is 9.54. The van der Waals surface area contributed by atoms with Crippen molar-refractivity contribution < 1.29 is 4.79 Å². The Kier molecular flexibility index (Phi) is 3.32. The van der Waals surface area contributed by atoms with Crippen molar-refractivity contribution in [3.8, 4) is 0 Å². The van der Waals surface area contributed by atoms with E-state index in [2.05, 4.69) is 0 Å². The molecule has 1 aliphatic heterocycles. The Morgan fingerprint density at radius 1 is 1.15 bits per heavy atom. The summed E-state index contributed by atoms with van der Waals surface area (Å²) >= 11 is 12.2. The molecule has 3 nitrogen and oxygen atoms in total. The number of benzene rings is 2. The Hall–Kier alpha value is -1.71. The summed E-state index contributed by atoms with van der Waals surface area (Å²) in [5.74, 6) is 0.0511. The summed E-state index contributed by atoms with van der Waals surface area (Å²) in [6.45, 7) is 0.422. The molecule has 0 unspecified atom stereocenters. The number of fused-ring (bicyclic) bond motifs is 1. The molecule has 0 aliphatic carbocycles. The van der Waals surface area contributed by atoms with Gasteiger partial charge in [0, 0.05) is 21.4 Å². The van der Waals surface area contributed by atoms with Gasteiger partial charge in [0.1, 0.15) is 0 Å². The molecular weight excluding hydrogens is 295 g/mol. The van der Waals surface area contributed by atoms with Gasteiger partial charge in [-0.15, -0.1) is 0 Å². The summed E-state index contributed by atoms with van der Waals surface area (Å²) < 4.78 is 0. The van der Waals surface area contributed by atoms with Gasteiger partial charge in [-0.25, -0.2) is 0 Å². The van der Waals surface area contributed by atoms with Gasteiger partial charge in [-0.3, -0.25) is 4.79 Å². The molecule has 2 aromatic carbocycles. The van der Waals surface area contributed by atoms with Crippen molar-refractivity contribution in [2.45, 2.75) is 13.0 Å². The van der Waals surface area contributed by atoms with E-state index in [9.17, 15) is 4.79 Å². The fourth-order valence-electron chi connectivity index (χ4n) is 2.37. The zero-order chi connectivity index (χ0) is 14.3. The van der Waals surface area contributed by atoms with Gasteiger partial charge >= 0.3 is 0 Å². The second-order valence-corrected chi connectivity index (χ2v) is 5.62. The van der Waals surface area contributed by atoms with Crippen LogP contribution in [0.25, 0.3) is 0 Å². The molecule has 1 heterocycles. The van der Waals surface area contributed by atoms with E-state index in [0.717, 1.165) is 16.8 Å². The maximum Gasteiger partial charge on any atom is 0.231 e. The van der Waals surface area contributed by atoms with Crippen LogP contribution < -0.4 is 10.6 Å². The lowest BCUT2D eigenvalue weighted by molar-refractivity contribution is -0.117. The molecule has 0 bridgehead atoms. The number of carbonyl (C=O) groups is 1. The smallest absolute Gasteiger partial charge is 0.231 e. The highest BCUT2D eigenvalue weighted by Gasteiger charge is 2.27. The van der Waals surface area contributed by atoms with Crippen LogP contribution in [0.15, 0.2) is 36.4 Å². The quantitative estimate of drug-likeness (QED) is 0.861. The molecule has 0 fully saturated rings. The van der Waals surface area contributed by atoms with Gasteiger partial charge < -0.3 is 10.6 Å². The average Bonchev–Trinajstić information content (AvgIpc) is 2.69. The van der Waals surface area contributed by atoms with Crippen molar-refractivity contribution in [3.05, 3.63) is 57.6 Å². The van der Waals surface area contributed by atoms with E-state index in [-0.39, 0.29) is 5.91 Å². The van der Waals surface area contributed by atoms with Crippen molar-refractivity contribution in [2.24, 2.45) is 0 Å². The molecule has 1 amide bonds. The fraction of sp³-hybridized carbons (Fsp3) is 0.133. The third-order valence-corrected chi connectivity index (χ3v) is 3.97. The largest absolute Gasteiger partial charge is 0.399 e. The van der Waals surface area contributed by atoms with Crippen LogP contribution in [-0.4, -0.2) is 5.91 Å². The number of halogens is 2. The SMILES string of the molecule is Nc1ccc(CN2C(=O)Cc3ccc(Cl)cc32)c(Cl)c1. The van der Waals surface area contributed by atoms with Crippen molar-refractivity contribution in [2.75, 3.05) is 10.6 Å². The van der Waals surface area contributed by atoms with E-state index in [1.54, 1.807) is 23.1 Å². The Morgan fingerprint density at radius 3 is 2.70 bits per heavy atom. The van der Waals surface area contributed by atoms with E-state index >= 15 is 0 Å². The number of carbonyl (C=O) groups excluding carboxylic acids is 1. The van der Waals surface area contributed by atoms with Crippen LogP contribution in [0.2, 0.25) is 10.0 Å². The Morgan fingerprint density at radius 2 is 1.95 bits per heavy atom. The van der Waals surface area contributed by atoms with Crippen molar-refractivity contribution in [3.63, 3.8) is 0 Å². The lowest BCUT2D eigenvalue weighted by Crippen LogP contribution is -2.26. The standard InChI is InChI=1S/C15H12Cl2N2O/c16-11-3-1-9-5-15(20)19(14(9)6-11)8-10-2-4-12(18)7-13(10)17/h1-4,6-7H,5,8,18H2. The summed E-state index contributed by atoms with van der Waals surface area (Å²) in [4.78, 5) is 13.8. The highest BCUT2D eigenvalue weighted by molar-refractivity contribution is 6.32. The number of nitrogens with zero attached hydrogens (tertiary/aromatic N) is 1. The van der Waals surface area contributed by atoms with Crippen LogP contribution >= 0.6 is 23.2 Å². The topological polar surface area (TPSA) is 46.3 Å². The van der Waals surface area contributed by atoms with E-state index in [4.69, 9.17) is 28.9 Å². The van der Waals surface area contributed by atoms with E-state index in [1.165, 1.54) is 0 Å². The number of amides is 1. The third kappa shape index (κ3) is 2.35. The van der Waals surface area contributed by atoms with Gasteiger partial charge in [0.05, 0.1) is 13.0 Å². The second-order valence-electron chi connectivity index (χ2n) is 4.78. The minimum absolute atomic E-state index is 0.0511. The van der Waals surface area contributed by atoms with Crippen LogP contribution in [0.1, 0.15) is 11.1 Å². The summed E-state index contributed by atoms with van der Waals surface area (Å²) in [5.41, 5.74) is 8.99. The normalized spacial score (nSPS) is 13.7. The molecule has 3 rings (SSSR count). The van der Waals surface area contributed by atoms with Crippen molar-refractivity contribution in [1.82, 2.24) is 0 Å². The summed E-state index contributed by atoms with van der Waals surface area (Å²) in [6, 6.07) is 10.8. The van der Waals surface area contributed by atoms with E-state index in [1.807, 2.05) is 18.2 Å². The van der Waals surface area contributed by atoms with E-state index < -0.39 is 0 Å². The third-order valence-electron chi connectivity index (χ3n) is 3.39. The van der Waals surface area contributed by atoms with Gasteiger partial charge in [0.2, 0.25) is 5.91 Å². The number of hydrogen-bond acceptors (Lipinski definition) is 2. The average molecular weight is 307 g/mol. The Labute approximate surface area is 126 Å². The molecule has 1 aliphatic rings. The first kappa shape index (κ1) is 13.3. The molecule has 0 saturated carbocycles. The van der Waals surface area contributed by atoms with Crippen LogP contribution in [0.3, 0.4) is 0 Å². The van der Waals surface area contributed by atoms with Gasteiger partial charge in [-0.2, -0.15) is 0 Å². The number of nitrogens with two attached hydrogens (primary N) is 1. The van der Waals surface area contributed by atoms with E-state index in [0.29, 0.717) is 28.7 Å². The highest BCUT2D eigenvalue weighted by atomic mass is 35.5. The van der Waals surface area contributed by atoms with Crippen LogP contribution in [-0.2, 0) is 17.8 Å². The van der Waals surface area contributed by atoms with Gasteiger partial charge in [0.15, 0.2) is 0 Å². The number of hydrogen-bond donors (Lipinski definition) is 1. The summed E-state index contributed by atoms with van der Waals surface area (Å²) in [5, 5.41) is 1.18. The molecular formula is C15H12Cl2N2O. The van der Waals surface area contributed by atoms with Crippen LogP contribution in [0, 0.1) is 0 Å². The summed E-state index contributed by atoms with van der Waals surface area (Å²) in [7, 11) is 0. The Bertz CT molecular complexity index is 700. The van der Waals surface area contributed by atoms with Crippen LogP contribution in [0.5, 0.6) is 0 Å². The Balaban J connectivity index is 1.95. The maximum absolute atomic E-state index is 12.1. The number of rotatable bonds is 2. The number of nitrogen functional groups attached to an aromatic ring is 1. The monoisotopic (exact) mass is 306 g/mol. The van der Waals surface area contributed by atoms with Crippen molar-refractivity contribution >= 4 is 40.5 Å². The molecule has 2 N–H and O–H groups in total. The lowest BCUT2D eigenvalue weighted by Gasteiger charge is -2.18. The molecule has 102 valence electrons. The van der Waals surface area contributed by atoms with Gasteiger partial charge in [-0.1, -0.05) is 35.3 Å². The molecule has 20 heavy (non-hydrogen) atoms. The predicted octanol–water partition coefficient (Wildman–Crippen LogP) is 3.66. The highest BCUT2D eigenvalue weighted by Crippen LogP contribution is 2.33. The lowest BCUT2D eigenvalue weighted by atomic mass is 10.1. The molecule has 5 heteroatoms. The second kappa shape index (κ2) is 5.00. The fourth-order valence-corrected chi connectivity index (χ4v) is 2.78. The minimum Gasteiger partial charge on any atom is -0.399 e. The van der Waals surface area contributed by atoms with Gasteiger partial charge in [-0.05, 0) is 35.4 Å². The zero-order valence-corrected chi connectivity index (χ0v) is 12.1. The molecule has 0 saturated heterocycles. The van der Waals surface area contributed by atoms with Gasteiger partial charge in [0.25, 0.3) is 0 Å². The van der Waals surface area contributed by atoms with Crippen LogP contribution in [0.4, 0.5) is 11.4 Å². The maximum atomic E-state index is 12.1. The van der Waals surface area contributed by atoms with Crippen molar-refractivity contribution in [1.29, 1.82) is 0 Å². The zero-order valence-electron chi connectivity index (χ0n) is 10.6. The molecule has 2 aromatic rings. The predicted molar refractivity (Wildman–Crippen MR) is 82.2 cm³/mol. The molecule has 0 atom stereocenters. The summed E-state index contributed by atoms with van der Waals surface area (Å²) in [6.07, 6.45) is 0.402. The molecule has 0 aromatic heterocycles. The minimum atomic E-state index is 0.0511. The number of anilines is 2. The first-order valence-corrected chi connectivity index (χ1v) is 6.93. The molecule has 0 radical (unpaired) electrons. The first-order valence-electron chi connectivity index (χ1n) is 6.17.